The summed E-state index contributed by atoms with van der Waals surface area (Å²) in [6.45, 7) is 5.36. The van der Waals surface area contributed by atoms with Crippen molar-refractivity contribution in [1.29, 1.82) is 0 Å². The van der Waals surface area contributed by atoms with Gasteiger partial charge in [-0.25, -0.2) is 4.79 Å². The van der Waals surface area contributed by atoms with Crippen molar-refractivity contribution in [2.75, 3.05) is 38.7 Å². The summed E-state index contributed by atoms with van der Waals surface area (Å²) >= 11 is 0. The fourth-order valence-corrected chi connectivity index (χ4v) is 3.11. The minimum atomic E-state index is -0.0910. The fourth-order valence-electron chi connectivity index (χ4n) is 3.11. The molecule has 0 saturated carbocycles. The third kappa shape index (κ3) is 3.71. The van der Waals surface area contributed by atoms with Gasteiger partial charge in [-0.1, -0.05) is 6.92 Å². The number of carbonyl (C=O) groups is 1. The van der Waals surface area contributed by atoms with Crippen LogP contribution >= 0.6 is 0 Å². The van der Waals surface area contributed by atoms with Crippen LogP contribution in [0.3, 0.4) is 0 Å². The van der Waals surface area contributed by atoms with Crippen LogP contribution in [0.1, 0.15) is 13.3 Å². The summed E-state index contributed by atoms with van der Waals surface area (Å²) in [4.78, 5) is 14.3. The maximum Gasteiger partial charge on any atom is 0.322 e. The van der Waals surface area contributed by atoms with Crippen LogP contribution in [-0.2, 0) is 16.0 Å². The number of benzene rings is 1. The Morgan fingerprint density at radius 3 is 3.08 bits per heavy atom. The molecule has 0 aliphatic carbocycles. The van der Waals surface area contributed by atoms with E-state index in [9.17, 15) is 4.79 Å². The molecule has 2 aromatic rings. The first-order valence-electron chi connectivity index (χ1n) is 8.46. The maximum absolute atomic E-state index is 12.5. The van der Waals surface area contributed by atoms with Gasteiger partial charge in [0.15, 0.2) is 0 Å². The molecule has 0 unspecified atom stereocenters. The van der Waals surface area contributed by atoms with Crippen LogP contribution in [0.5, 0.6) is 0 Å². The Morgan fingerprint density at radius 1 is 1.42 bits per heavy atom. The smallest absolute Gasteiger partial charge is 0.322 e. The number of anilines is 1. The number of aryl methyl sites for hydroxylation is 1. The summed E-state index contributed by atoms with van der Waals surface area (Å²) in [5.74, 6) is 0. The second kappa shape index (κ2) is 7.68. The molecular weight excluding hydrogens is 306 g/mol. The zero-order valence-corrected chi connectivity index (χ0v) is 14.3. The van der Waals surface area contributed by atoms with Gasteiger partial charge in [-0.05, 0) is 30.7 Å². The van der Waals surface area contributed by atoms with Gasteiger partial charge >= 0.3 is 6.03 Å². The van der Waals surface area contributed by atoms with Crippen LogP contribution in [0, 0.1) is 0 Å². The lowest BCUT2D eigenvalue weighted by Crippen LogP contribution is -2.48. The summed E-state index contributed by atoms with van der Waals surface area (Å²) in [6.07, 6.45) is 3.14. The second-order valence-electron chi connectivity index (χ2n) is 6.11. The molecule has 1 aromatic carbocycles. The Hall–Kier alpha value is -2.05. The van der Waals surface area contributed by atoms with Gasteiger partial charge in [0.1, 0.15) is 0 Å². The van der Waals surface area contributed by atoms with Crippen molar-refractivity contribution in [2.24, 2.45) is 0 Å². The Kier molecular flexibility index (Phi) is 5.37. The molecule has 1 atom stereocenters. The average Bonchev–Trinajstić information content (AvgIpc) is 2.98. The van der Waals surface area contributed by atoms with Crippen molar-refractivity contribution >= 4 is 22.6 Å². The minimum Gasteiger partial charge on any atom is -0.382 e. The molecule has 2 amide bonds. The number of carbonyl (C=O) groups excluding carboxylic acids is 1. The van der Waals surface area contributed by atoms with Gasteiger partial charge < -0.3 is 24.3 Å². The van der Waals surface area contributed by atoms with Crippen molar-refractivity contribution in [3.63, 3.8) is 0 Å². The number of urea groups is 1. The highest BCUT2D eigenvalue weighted by molar-refractivity contribution is 5.93. The van der Waals surface area contributed by atoms with E-state index in [2.05, 4.69) is 35.1 Å². The largest absolute Gasteiger partial charge is 0.382 e. The van der Waals surface area contributed by atoms with Crippen LogP contribution in [-0.4, -0.2) is 55.0 Å². The van der Waals surface area contributed by atoms with Gasteiger partial charge in [-0.2, -0.15) is 0 Å². The monoisotopic (exact) mass is 331 g/mol. The van der Waals surface area contributed by atoms with Crippen LogP contribution < -0.4 is 5.32 Å². The van der Waals surface area contributed by atoms with E-state index >= 15 is 0 Å². The highest BCUT2D eigenvalue weighted by atomic mass is 16.5. The molecule has 1 fully saturated rings. The number of nitrogens with one attached hydrogen (secondary N) is 1. The Bertz CT molecular complexity index is 696. The molecule has 0 radical (unpaired) electrons. The van der Waals surface area contributed by atoms with Gasteiger partial charge in [-0.3, -0.25) is 0 Å². The molecule has 130 valence electrons. The number of rotatable bonds is 5. The van der Waals surface area contributed by atoms with Crippen LogP contribution in [0.25, 0.3) is 10.9 Å². The number of nitrogens with zero attached hydrogens (tertiary/aromatic N) is 2. The van der Waals surface area contributed by atoms with E-state index in [4.69, 9.17) is 9.47 Å². The van der Waals surface area contributed by atoms with Gasteiger partial charge in [0.2, 0.25) is 0 Å². The third-order valence-corrected chi connectivity index (χ3v) is 4.27. The lowest BCUT2D eigenvalue weighted by atomic mass is 10.2. The molecule has 1 aromatic heterocycles. The molecule has 3 rings (SSSR count). The molecule has 24 heavy (non-hydrogen) atoms. The first-order valence-corrected chi connectivity index (χ1v) is 8.46. The van der Waals surface area contributed by atoms with Gasteiger partial charge in [0.05, 0.1) is 25.9 Å². The molecule has 1 saturated heterocycles. The number of amides is 2. The predicted molar refractivity (Wildman–Crippen MR) is 94.4 cm³/mol. The number of hydrogen-bond donors (Lipinski definition) is 1. The van der Waals surface area contributed by atoms with E-state index in [1.807, 2.05) is 12.1 Å². The summed E-state index contributed by atoms with van der Waals surface area (Å²) in [7, 11) is 1.64. The summed E-state index contributed by atoms with van der Waals surface area (Å²) in [6, 6.07) is 8.04. The predicted octanol–water partition coefficient (Wildman–Crippen LogP) is 2.93. The lowest BCUT2D eigenvalue weighted by Gasteiger charge is -2.32. The number of fused-ring (bicyclic) bond motifs is 1. The fraction of sp³-hybridized carbons (Fsp3) is 0.500. The molecule has 6 nitrogen and oxygen atoms in total. The summed E-state index contributed by atoms with van der Waals surface area (Å²) < 4.78 is 12.9. The van der Waals surface area contributed by atoms with Crippen molar-refractivity contribution < 1.29 is 14.3 Å². The molecule has 2 heterocycles. The van der Waals surface area contributed by atoms with E-state index in [-0.39, 0.29) is 12.1 Å². The SMILES string of the molecule is CCCn1ccc2cc(NC(=O)N3CCO[C@H](COC)C3)ccc21. The van der Waals surface area contributed by atoms with Crippen molar-refractivity contribution in [1.82, 2.24) is 9.47 Å². The first kappa shape index (κ1) is 16.8. The van der Waals surface area contributed by atoms with Crippen LogP contribution in [0.15, 0.2) is 30.5 Å². The summed E-state index contributed by atoms with van der Waals surface area (Å²) in [5.41, 5.74) is 2.01. The molecule has 1 aliphatic rings. The standard InChI is InChI=1S/C18H25N3O3/c1-3-7-20-8-6-14-11-15(4-5-17(14)20)19-18(22)21-9-10-24-16(12-21)13-23-2/h4-6,8,11,16H,3,7,9-10,12-13H2,1-2H3,(H,19,22)/t16-/m0/s1. The molecule has 6 heteroatoms. The van der Waals surface area contributed by atoms with E-state index in [0.717, 1.165) is 24.0 Å². The topological polar surface area (TPSA) is 55.7 Å². The van der Waals surface area contributed by atoms with Crippen LogP contribution in [0.4, 0.5) is 10.5 Å². The minimum absolute atomic E-state index is 0.0555. The Balaban J connectivity index is 1.66. The molecule has 1 N–H and O–H groups in total. The number of morpholine rings is 1. The third-order valence-electron chi connectivity index (χ3n) is 4.27. The average molecular weight is 331 g/mol. The maximum atomic E-state index is 12.5. The molecule has 0 spiro atoms. The van der Waals surface area contributed by atoms with E-state index in [1.54, 1.807) is 12.0 Å². The Morgan fingerprint density at radius 2 is 2.29 bits per heavy atom. The number of methoxy groups -OCH3 is 1. The zero-order chi connectivity index (χ0) is 16.9. The molecule has 1 aliphatic heterocycles. The number of aromatic nitrogens is 1. The number of hydrogen-bond acceptors (Lipinski definition) is 3. The molecular formula is C18H25N3O3. The van der Waals surface area contributed by atoms with Gasteiger partial charge in [0.25, 0.3) is 0 Å². The normalized spacial score (nSPS) is 18.1. The van der Waals surface area contributed by atoms with Crippen molar-refractivity contribution in [3.8, 4) is 0 Å². The second-order valence-corrected chi connectivity index (χ2v) is 6.11. The van der Waals surface area contributed by atoms with E-state index in [0.29, 0.717) is 26.3 Å². The Labute approximate surface area is 142 Å². The first-order chi connectivity index (χ1) is 11.7. The summed E-state index contributed by atoms with van der Waals surface area (Å²) in [5, 5.41) is 4.13. The van der Waals surface area contributed by atoms with Gasteiger partial charge in [0, 0.05) is 43.0 Å². The van der Waals surface area contributed by atoms with Crippen LogP contribution in [0.2, 0.25) is 0 Å². The molecule has 0 bridgehead atoms. The van der Waals surface area contributed by atoms with E-state index in [1.165, 1.54) is 5.52 Å². The highest BCUT2D eigenvalue weighted by Gasteiger charge is 2.24. The number of ether oxygens (including phenoxy) is 2. The zero-order valence-electron chi connectivity index (χ0n) is 14.3. The van der Waals surface area contributed by atoms with Crippen molar-refractivity contribution in [3.05, 3.63) is 30.5 Å². The van der Waals surface area contributed by atoms with E-state index < -0.39 is 0 Å². The van der Waals surface area contributed by atoms with Gasteiger partial charge in [-0.15, -0.1) is 0 Å². The van der Waals surface area contributed by atoms with Crippen molar-refractivity contribution in [2.45, 2.75) is 26.0 Å². The lowest BCUT2D eigenvalue weighted by molar-refractivity contribution is -0.0481. The highest BCUT2D eigenvalue weighted by Crippen LogP contribution is 2.21. The quantitative estimate of drug-likeness (QED) is 0.916.